The van der Waals surface area contributed by atoms with Crippen LogP contribution in [0.2, 0.25) is 0 Å². The minimum absolute atomic E-state index is 0.724. The van der Waals surface area contributed by atoms with Crippen LogP contribution in [0.5, 0.6) is 0 Å². The van der Waals surface area contributed by atoms with E-state index in [0.29, 0.717) is 0 Å². The van der Waals surface area contributed by atoms with Gasteiger partial charge in [-0.15, -0.1) is 0 Å². The zero-order chi connectivity index (χ0) is 12.9. The van der Waals surface area contributed by atoms with Gasteiger partial charge < -0.3 is 14.9 Å². The van der Waals surface area contributed by atoms with Gasteiger partial charge in [-0.3, -0.25) is 19.2 Å². The Bertz CT molecular complexity index is 426. The highest BCUT2D eigenvalue weighted by molar-refractivity contribution is 6.01. The van der Waals surface area contributed by atoms with Gasteiger partial charge >= 0.3 is 23.9 Å². The van der Waals surface area contributed by atoms with Crippen LogP contribution in [-0.4, -0.2) is 34.1 Å². The minimum Gasteiger partial charge on any atom is -0.481 e. The lowest BCUT2D eigenvalue weighted by Gasteiger charge is -2.17. The number of esters is 2. The standard InChI is InChI=1S/C10H10O7/c1-2-3(7(11)12)5(8(13)14)6-4(2)9(15)17-10(6)16/h2-6H,1H3,(H,11,12)(H,13,14). The van der Waals surface area contributed by atoms with Gasteiger partial charge in [0.05, 0.1) is 23.7 Å². The Hall–Kier alpha value is -1.92. The Morgan fingerprint density at radius 1 is 1.00 bits per heavy atom. The third kappa shape index (κ3) is 1.42. The first-order chi connectivity index (χ1) is 7.86. The third-order valence-electron chi connectivity index (χ3n) is 3.61. The van der Waals surface area contributed by atoms with Crippen molar-refractivity contribution in [3.63, 3.8) is 0 Å². The lowest BCUT2D eigenvalue weighted by molar-refractivity contribution is -0.162. The quantitative estimate of drug-likeness (QED) is 0.488. The molecule has 0 spiro atoms. The van der Waals surface area contributed by atoms with E-state index < -0.39 is 53.5 Å². The summed E-state index contributed by atoms with van der Waals surface area (Å²) in [5.41, 5.74) is 0. The summed E-state index contributed by atoms with van der Waals surface area (Å²) in [6.45, 7) is 1.46. The molecule has 1 aliphatic carbocycles. The van der Waals surface area contributed by atoms with Crippen LogP contribution < -0.4 is 0 Å². The average molecular weight is 242 g/mol. The number of carboxylic acid groups (broad SMARTS) is 2. The topological polar surface area (TPSA) is 118 Å². The maximum Gasteiger partial charge on any atom is 0.318 e. The maximum atomic E-state index is 11.4. The summed E-state index contributed by atoms with van der Waals surface area (Å²) in [7, 11) is 0. The number of hydrogen-bond donors (Lipinski definition) is 2. The van der Waals surface area contributed by atoms with E-state index in [1.165, 1.54) is 6.92 Å². The zero-order valence-corrected chi connectivity index (χ0v) is 8.82. The van der Waals surface area contributed by atoms with Gasteiger partial charge in [0.1, 0.15) is 0 Å². The smallest absolute Gasteiger partial charge is 0.318 e. The number of fused-ring (bicyclic) bond motifs is 1. The van der Waals surface area contributed by atoms with E-state index in [1.807, 2.05) is 0 Å². The molecule has 1 saturated carbocycles. The van der Waals surface area contributed by atoms with Crippen LogP contribution in [0.1, 0.15) is 6.92 Å². The highest BCUT2D eigenvalue weighted by Crippen LogP contribution is 2.50. The summed E-state index contributed by atoms with van der Waals surface area (Å²) in [5.74, 6) is -9.92. The van der Waals surface area contributed by atoms with Crippen molar-refractivity contribution >= 4 is 23.9 Å². The molecule has 17 heavy (non-hydrogen) atoms. The van der Waals surface area contributed by atoms with Crippen molar-refractivity contribution < 1.29 is 34.1 Å². The fourth-order valence-electron chi connectivity index (χ4n) is 2.90. The van der Waals surface area contributed by atoms with Crippen molar-refractivity contribution in [1.29, 1.82) is 0 Å². The molecule has 0 bridgehead atoms. The predicted octanol–water partition coefficient (Wildman–Crippen LogP) is -0.647. The SMILES string of the molecule is CC1C(C(=O)O)C(C(=O)O)C2C(=O)OC(=O)C12. The molecule has 0 radical (unpaired) electrons. The van der Waals surface area contributed by atoms with E-state index in [1.54, 1.807) is 0 Å². The van der Waals surface area contributed by atoms with Gasteiger partial charge in [0, 0.05) is 0 Å². The third-order valence-corrected chi connectivity index (χ3v) is 3.61. The van der Waals surface area contributed by atoms with Crippen molar-refractivity contribution in [2.24, 2.45) is 29.6 Å². The van der Waals surface area contributed by atoms with Crippen LogP contribution in [0.3, 0.4) is 0 Å². The van der Waals surface area contributed by atoms with E-state index in [0.717, 1.165) is 0 Å². The molecule has 0 aromatic carbocycles. The molecule has 0 aromatic rings. The van der Waals surface area contributed by atoms with Gasteiger partial charge in [-0.1, -0.05) is 6.92 Å². The normalized spacial score (nSPS) is 39.9. The van der Waals surface area contributed by atoms with E-state index >= 15 is 0 Å². The highest BCUT2D eigenvalue weighted by Gasteiger charge is 2.64. The molecule has 2 fully saturated rings. The molecule has 2 N–H and O–H groups in total. The fraction of sp³-hybridized carbons (Fsp3) is 0.600. The number of carboxylic acids is 2. The molecule has 92 valence electrons. The number of aliphatic carboxylic acids is 2. The molecule has 7 heteroatoms. The Morgan fingerprint density at radius 3 is 1.94 bits per heavy atom. The lowest BCUT2D eigenvalue weighted by Crippen LogP contribution is -2.33. The molecule has 5 atom stereocenters. The molecular formula is C10H10O7. The fourth-order valence-corrected chi connectivity index (χ4v) is 2.90. The summed E-state index contributed by atoms with van der Waals surface area (Å²) >= 11 is 0. The molecule has 2 aliphatic rings. The maximum absolute atomic E-state index is 11.4. The molecule has 1 aliphatic heterocycles. The van der Waals surface area contributed by atoms with E-state index in [2.05, 4.69) is 4.74 Å². The van der Waals surface area contributed by atoms with Gasteiger partial charge in [0.15, 0.2) is 0 Å². The largest absolute Gasteiger partial charge is 0.481 e. The van der Waals surface area contributed by atoms with Gasteiger partial charge in [-0.25, -0.2) is 0 Å². The highest BCUT2D eigenvalue weighted by atomic mass is 16.6. The first-order valence-electron chi connectivity index (χ1n) is 5.07. The first-order valence-corrected chi connectivity index (χ1v) is 5.07. The number of cyclic esters (lactones) is 2. The van der Waals surface area contributed by atoms with Crippen LogP contribution in [0.25, 0.3) is 0 Å². The van der Waals surface area contributed by atoms with E-state index in [-0.39, 0.29) is 0 Å². The van der Waals surface area contributed by atoms with Crippen molar-refractivity contribution in [1.82, 2.24) is 0 Å². The number of hydrogen-bond acceptors (Lipinski definition) is 5. The van der Waals surface area contributed by atoms with Crippen molar-refractivity contribution in [3.8, 4) is 0 Å². The lowest BCUT2D eigenvalue weighted by atomic mass is 9.87. The number of rotatable bonds is 2. The molecule has 7 nitrogen and oxygen atoms in total. The molecule has 1 heterocycles. The van der Waals surface area contributed by atoms with Crippen molar-refractivity contribution in [2.45, 2.75) is 6.92 Å². The molecule has 0 amide bonds. The first kappa shape index (κ1) is 11.6. The van der Waals surface area contributed by atoms with Crippen molar-refractivity contribution in [3.05, 3.63) is 0 Å². The summed E-state index contributed by atoms with van der Waals surface area (Å²) in [5, 5.41) is 18.0. The molecular weight excluding hydrogens is 232 g/mol. The Morgan fingerprint density at radius 2 is 1.47 bits per heavy atom. The zero-order valence-electron chi connectivity index (χ0n) is 8.82. The Labute approximate surface area is 95.4 Å². The number of carbonyl (C=O) groups is 4. The van der Waals surface area contributed by atoms with Crippen LogP contribution in [0.15, 0.2) is 0 Å². The number of carbonyl (C=O) groups excluding carboxylic acids is 2. The summed E-state index contributed by atoms with van der Waals surface area (Å²) < 4.78 is 4.37. The molecule has 5 unspecified atom stereocenters. The van der Waals surface area contributed by atoms with Crippen LogP contribution in [0.4, 0.5) is 0 Å². The number of ether oxygens (including phenoxy) is 1. The Kier molecular flexibility index (Phi) is 2.41. The van der Waals surface area contributed by atoms with Gasteiger partial charge in [-0.05, 0) is 5.92 Å². The Balaban J connectivity index is 2.47. The minimum atomic E-state index is -1.40. The van der Waals surface area contributed by atoms with Crippen LogP contribution >= 0.6 is 0 Å². The van der Waals surface area contributed by atoms with Gasteiger partial charge in [-0.2, -0.15) is 0 Å². The molecule has 2 rings (SSSR count). The molecule has 0 aromatic heterocycles. The van der Waals surface area contributed by atoms with Gasteiger partial charge in [0.25, 0.3) is 0 Å². The second-order valence-electron chi connectivity index (χ2n) is 4.38. The second kappa shape index (κ2) is 3.54. The van der Waals surface area contributed by atoms with Gasteiger partial charge in [0.2, 0.25) is 0 Å². The summed E-state index contributed by atoms with van der Waals surface area (Å²) in [6.07, 6.45) is 0. The van der Waals surface area contributed by atoms with Crippen molar-refractivity contribution in [2.75, 3.05) is 0 Å². The average Bonchev–Trinajstić information content (AvgIpc) is 2.64. The second-order valence-corrected chi connectivity index (χ2v) is 4.38. The monoisotopic (exact) mass is 242 g/mol. The summed E-state index contributed by atoms with van der Waals surface area (Å²) in [6, 6.07) is 0. The predicted molar refractivity (Wildman–Crippen MR) is 49.5 cm³/mol. The van der Waals surface area contributed by atoms with Crippen LogP contribution in [0, 0.1) is 29.6 Å². The van der Waals surface area contributed by atoms with E-state index in [4.69, 9.17) is 10.2 Å². The summed E-state index contributed by atoms with van der Waals surface area (Å²) in [4.78, 5) is 44.9. The molecule has 1 saturated heterocycles. The van der Waals surface area contributed by atoms with Crippen LogP contribution in [-0.2, 0) is 23.9 Å². The van der Waals surface area contributed by atoms with E-state index in [9.17, 15) is 19.2 Å².